The summed E-state index contributed by atoms with van der Waals surface area (Å²) in [5, 5.41) is 12.0. The van der Waals surface area contributed by atoms with Crippen LogP contribution in [-0.2, 0) is 4.79 Å². The summed E-state index contributed by atoms with van der Waals surface area (Å²) in [6, 6.07) is 18.0. The van der Waals surface area contributed by atoms with Crippen molar-refractivity contribution in [3.8, 4) is 17.1 Å². The van der Waals surface area contributed by atoms with Gasteiger partial charge in [-0.1, -0.05) is 41.2 Å². The first-order chi connectivity index (χ1) is 16.0. The summed E-state index contributed by atoms with van der Waals surface area (Å²) in [6.45, 7) is 2.01. The fourth-order valence-corrected chi connectivity index (χ4v) is 4.28. The van der Waals surface area contributed by atoms with Gasteiger partial charge in [-0.3, -0.25) is 14.3 Å². The van der Waals surface area contributed by atoms with Gasteiger partial charge < -0.3 is 5.32 Å². The number of amides is 1. The van der Waals surface area contributed by atoms with Crippen molar-refractivity contribution in [1.29, 1.82) is 0 Å². The highest BCUT2D eigenvalue weighted by Gasteiger charge is 2.17. The molecular weight excluding hydrogens is 464 g/mol. The van der Waals surface area contributed by atoms with Crippen molar-refractivity contribution >= 4 is 35.1 Å². The highest BCUT2D eigenvalue weighted by molar-refractivity contribution is 8.00. The van der Waals surface area contributed by atoms with Gasteiger partial charge in [0.1, 0.15) is 0 Å². The number of pyridine rings is 1. The predicted molar refractivity (Wildman–Crippen MR) is 127 cm³/mol. The number of aromatic nitrogens is 4. The quantitative estimate of drug-likeness (QED) is 0.325. The number of alkyl halides is 2. The Morgan fingerprint density at radius 1 is 1.00 bits per heavy atom. The topological polar surface area (TPSA) is 72.7 Å². The van der Waals surface area contributed by atoms with Crippen LogP contribution in [0.1, 0.15) is 5.56 Å². The fraction of sp³-hybridized carbons (Fsp3) is 0.130. The lowest BCUT2D eigenvalue weighted by Crippen LogP contribution is -2.14. The maximum absolute atomic E-state index is 12.5. The van der Waals surface area contributed by atoms with E-state index in [-0.39, 0.29) is 11.7 Å². The standard InChI is InChI=1S/C23H19F2N5OS2/c1-15-2-6-18(7-3-15)30-21(16-10-12-26-13-11-16)28-29-23(30)32-14-20(31)27-17-4-8-19(9-5-17)33-22(24)25/h2-13,22H,14H2,1H3,(H,27,31). The van der Waals surface area contributed by atoms with E-state index in [0.717, 1.165) is 16.8 Å². The van der Waals surface area contributed by atoms with Gasteiger partial charge in [-0.05, 0) is 55.5 Å². The van der Waals surface area contributed by atoms with E-state index in [0.29, 0.717) is 33.3 Å². The number of anilines is 1. The van der Waals surface area contributed by atoms with Crippen molar-refractivity contribution in [2.24, 2.45) is 0 Å². The second-order valence-electron chi connectivity index (χ2n) is 6.95. The first-order valence-electron chi connectivity index (χ1n) is 9.90. The molecular formula is C23H19F2N5OS2. The van der Waals surface area contributed by atoms with Gasteiger partial charge >= 0.3 is 0 Å². The number of thioether (sulfide) groups is 2. The molecule has 0 bridgehead atoms. The molecule has 0 saturated carbocycles. The number of carbonyl (C=O) groups excluding carboxylic acids is 1. The predicted octanol–water partition coefficient (Wildman–Crippen LogP) is 5.68. The van der Waals surface area contributed by atoms with E-state index in [1.807, 2.05) is 47.9 Å². The van der Waals surface area contributed by atoms with Crippen molar-refractivity contribution in [1.82, 2.24) is 19.7 Å². The van der Waals surface area contributed by atoms with Crippen LogP contribution in [0.3, 0.4) is 0 Å². The van der Waals surface area contributed by atoms with Crippen LogP contribution in [0.2, 0.25) is 0 Å². The number of aryl methyl sites for hydroxylation is 1. The van der Waals surface area contributed by atoms with E-state index in [4.69, 9.17) is 0 Å². The largest absolute Gasteiger partial charge is 0.325 e. The second-order valence-corrected chi connectivity index (χ2v) is 8.96. The third-order valence-corrected chi connectivity index (χ3v) is 6.21. The number of rotatable bonds is 8. The van der Waals surface area contributed by atoms with Crippen LogP contribution in [0, 0.1) is 6.92 Å². The third kappa shape index (κ3) is 5.96. The average molecular weight is 484 g/mol. The van der Waals surface area contributed by atoms with Gasteiger partial charge in [-0.25, -0.2) is 0 Å². The number of nitrogens with one attached hydrogen (secondary N) is 1. The first-order valence-corrected chi connectivity index (χ1v) is 11.8. The minimum atomic E-state index is -2.48. The van der Waals surface area contributed by atoms with E-state index in [9.17, 15) is 13.6 Å². The van der Waals surface area contributed by atoms with Crippen LogP contribution < -0.4 is 5.32 Å². The Morgan fingerprint density at radius 3 is 2.36 bits per heavy atom. The fourth-order valence-electron chi connectivity index (χ4n) is 3.02. The van der Waals surface area contributed by atoms with Gasteiger partial charge in [-0.2, -0.15) is 8.78 Å². The minimum Gasteiger partial charge on any atom is -0.325 e. The number of halogens is 2. The third-order valence-electron chi connectivity index (χ3n) is 4.56. The summed E-state index contributed by atoms with van der Waals surface area (Å²) >= 11 is 1.72. The Morgan fingerprint density at radius 2 is 1.70 bits per heavy atom. The van der Waals surface area contributed by atoms with Gasteiger partial charge in [0.25, 0.3) is 5.76 Å². The zero-order valence-electron chi connectivity index (χ0n) is 17.5. The molecule has 0 fully saturated rings. The summed E-state index contributed by atoms with van der Waals surface area (Å²) in [5.41, 5.74) is 3.41. The molecule has 0 radical (unpaired) electrons. The van der Waals surface area contributed by atoms with E-state index >= 15 is 0 Å². The second kappa shape index (κ2) is 10.6. The number of benzene rings is 2. The van der Waals surface area contributed by atoms with Crippen molar-refractivity contribution in [3.05, 3.63) is 78.6 Å². The van der Waals surface area contributed by atoms with Crippen LogP contribution in [0.5, 0.6) is 0 Å². The maximum Gasteiger partial charge on any atom is 0.288 e. The molecule has 168 valence electrons. The van der Waals surface area contributed by atoms with Gasteiger partial charge in [0.05, 0.1) is 5.75 Å². The Bertz CT molecular complexity index is 1220. The summed E-state index contributed by atoms with van der Waals surface area (Å²) in [6.07, 6.45) is 3.38. The molecule has 1 amide bonds. The highest BCUT2D eigenvalue weighted by atomic mass is 32.2. The minimum absolute atomic E-state index is 0.105. The van der Waals surface area contributed by atoms with Crippen LogP contribution in [0.25, 0.3) is 17.1 Å². The zero-order chi connectivity index (χ0) is 23.2. The molecule has 0 spiro atoms. The Kier molecular flexibility index (Phi) is 7.36. The highest BCUT2D eigenvalue weighted by Crippen LogP contribution is 2.29. The SMILES string of the molecule is Cc1ccc(-n2c(SCC(=O)Nc3ccc(SC(F)F)cc3)nnc2-c2ccncc2)cc1. The normalized spacial score (nSPS) is 11.0. The summed E-state index contributed by atoms with van der Waals surface area (Å²) in [4.78, 5) is 17.0. The lowest BCUT2D eigenvalue weighted by molar-refractivity contribution is -0.113. The lowest BCUT2D eigenvalue weighted by Gasteiger charge is -2.11. The van der Waals surface area contributed by atoms with Gasteiger partial charge in [0.15, 0.2) is 11.0 Å². The molecule has 33 heavy (non-hydrogen) atoms. The molecule has 1 N–H and O–H groups in total. The molecule has 0 aliphatic heterocycles. The molecule has 2 heterocycles. The van der Waals surface area contributed by atoms with Gasteiger partial charge in [-0.15, -0.1) is 10.2 Å². The molecule has 0 unspecified atom stereocenters. The van der Waals surface area contributed by atoms with E-state index in [1.165, 1.54) is 11.8 Å². The van der Waals surface area contributed by atoms with Crippen LogP contribution >= 0.6 is 23.5 Å². The van der Waals surface area contributed by atoms with Crippen molar-refractivity contribution in [2.45, 2.75) is 22.7 Å². The first kappa shape index (κ1) is 22.9. The maximum atomic E-state index is 12.5. The number of carbonyl (C=O) groups is 1. The number of nitrogens with zero attached hydrogens (tertiary/aromatic N) is 4. The van der Waals surface area contributed by atoms with E-state index < -0.39 is 5.76 Å². The number of hydrogen-bond donors (Lipinski definition) is 1. The molecule has 4 aromatic rings. The van der Waals surface area contributed by atoms with Crippen molar-refractivity contribution in [3.63, 3.8) is 0 Å². The molecule has 0 saturated heterocycles. The van der Waals surface area contributed by atoms with Crippen LogP contribution in [0.4, 0.5) is 14.5 Å². The summed E-state index contributed by atoms with van der Waals surface area (Å²) < 4.78 is 26.8. The lowest BCUT2D eigenvalue weighted by atomic mass is 10.2. The Labute approximate surface area is 197 Å². The van der Waals surface area contributed by atoms with Crippen molar-refractivity contribution < 1.29 is 13.6 Å². The van der Waals surface area contributed by atoms with Crippen LogP contribution in [-0.4, -0.2) is 37.2 Å². The molecule has 0 aliphatic rings. The van der Waals surface area contributed by atoms with Gasteiger partial charge in [0.2, 0.25) is 5.91 Å². The Hall–Kier alpha value is -3.24. The molecule has 4 rings (SSSR count). The van der Waals surface area contributed by atoms with E-state index in [1.54, 1.807) is 36.7 Å². The van der Waals surface area contributed by atoms with Gasteiger partial charge in [0, 0.05) is 34.2 Å². The molecule has 10 heteroatoms. The molecule has 0 atom stereocenters. The summed E-state index contributed by atoms with van der Waals surface area (Å²) in [5.74, 6) is -1.97. The summed E-state index contributed by atoms with van der Waals surface area (Å²) in [7, 11) is 0. The molecule has 6 nitrogen and oxygen atoms in total. The average Bonchev–Trinajstić information content (AvgIpc) is 3.24. The molecule has 2 aromatic carbocycles. The van der Waals surface area contributed by atoms with Crippen molar-refractivity contribution in [2.75, 3.05) is 11.1 Å². The molecule has 0 aliphatic carbocycles. The molecule has 2 aromatic heterocycles. The van der Waals surface area contributed by atoms with E-state index in [2.05, 4.69) is 20.5 Å². The Balaban J connectivity index is 1.50. The monoisotopic (exact) mass is 483 g/mol. The van der Waals surface area contributed by atoms with Crippen LogP contribution in [0.15, 0.2) is 83.1 Å². The zero-order valence-corrected chi connectivity index (χ0v) is 19.1. The smallest absolute Gasteiger partial charge is 0.288 e. The number of hydrogen-bond acceptors (Lipinski definition) is 6.